The number of benzene rings is 6. The van der Waals surface area contributed by atoms with Gasteiger partial charge in [-0.25, -0.2) is 5.48 Å². The number of hydroxylamine groups is 1. The molecule has 0 aliphatic rings. The van der Waals surface area contributed by atoms with E-state index in [1.807, 2.05) is 63.2 Å². The van der Waals surface area contributed by atoms with Gasteiger partial charge < -0.3 is 9.47 Å². The molecule has 1 amide bonds. The van der Waals surface area contributed by atoms with E-state index in [1.165, 1.54) is 79.7 Å². The fourth-order valence-electron chi connectivity index (χ4n) is 8.01. The molecule has 2 N–H and O–H groups in total. The Morgan fingerprint density at radius 1 is 0.441 bits per heavy atom. The highest BCUT2D eigenvalue weighted by molar-refractivity contribution is 5.86. The Hall–Kier alpha value is -6.31. The van der Waals surface area contributed by atoms with Crippen LogP contribution in [0.4, 0.5) is 0 Å². The minimum atomic E-state index is -0.736. The van der Waals surface area contributed by atoms with Crippen LogP contribution in [0.5, 0.6) is 0 Å². The first-order valence-electron chi connectivity index (χ1n) is 24.3. The van der Waals surface area contributed by atoms with Crippen molar-refractivity contribution in [2.24, 2.45) is 0 Å². The van der Waals surface area contributed by atoms with Gasteiger partial charge in [0.25, 0.3) is 5.91 Å². The molecule has 6 aromatic carbocycles. The SMILES string of the molecule is CC(C)(C(=O)NO)c1ccc(CCCCc2ccccc2)cc1.COC(=O)C(C)(C)c1ccc(CCCCc2ccccc2)cc1.COC(=O)C(C)c1ccc(CCCCc2ccccc2)cc1. The van der Waals surface area contributed by atoms with E-state index in [2.05, 4.69) is 121 Å². The maximum Gasteiger partial charge on any atom is 0.315 e. The molecular formula is C61H75NO6. The second-order valence-corrected chi connectivity index (χ2v) is 18.6. The largest absolute Gasteiger partial charge is 0.469 e. The van der Waals surface area contributed by atoms with Crippen molar-refractivity contribution in [3.05, 3.63) is 214 Å². The molecule has 68 heavy (non-hydrogen) atoms. The molecule has 0 radical (unpaired) electrons. The van der Waals surface area contributed by atoms with Crippen molar-refractivity contribution < 1.29 is 29.1 Å². The molecule has 1 atom stereocenters. The fourth-order valence-corrected chi connectivity index (χ4v) is 8.01. The minimum absolute atomic E-state index is 0.185. The van der Waals surface area contributed by atoms with Crippen molar-refractivity contribution in [3.63, 3.8) is 0 Å². The number of carbonyl (C=O) groups is 3. The van der Waals surface area contributed by atoms with Crippen molar-refractivity contribution in [1.29, 1.82) is 0 Å². The minimum Gasteiger partial charge on any atom is -0.469 e. The third-order valence-corrected chi connectivity index (χ3v) is 12.8. The van der Waals surface area contributed by atoms with Gasteiger partial charge in [-0.1, -0.05) is 164 Å². The second kappa shape index (κ2) is 28.8. The highest BCUT2D eigenvalue weighted by atomic mass is 16.5. The summed E-state index contributed by atoms with van der Waals surface area (Å²) in [5, 5.41) is 8.82. The monoisotopic (exact) mass is 918 g/mol. The molecule has 360 valence electrons. The lowest BCUT2D eigenvalue weighted by atomic mass is 9.83. The van der Waals surface area contributed by atoms with Gasteiger partial charge in [0.1, 0.15) is 0 Å². The Labute approximate surface area is 407 Å². The second-order valence-electron chi connectivity index (χ2n) is 18.6. The zero-order valence-corrected chi connectivity index (χ0v) is 41.6. The lowest BCUT2D eigenvalue weighted by Gasteiger charge is -2.22. The van der Waals surface area contributed by atoms with Crippen LogP contribution in [0.1, 0.15) is 129 Å². The first-order valence-corrected chi connectivity index (χ1v) is 24.3. The van der Waals surface area contributed by atoms with Crippen LogP contribution in [0.3, 0.4) is 0 Å². The number of hydrogen-bond acceptors (Lipinski definition) is 6. The van der Waals surface area contributed by atoms with E-state index in [9.17, 15) is 14.4 Å². The van der Waals surface area contributed by atoms with Gasteiger partial charge in [0, 0.05) is 0 Å². The van der Waals surface area contributed by atoms with Crippen molar-refractivity contribution in [1.82, 2.24) is 5.48 Å². The predicted molar refractivity (Wildman–Crippen MR) is 277 cm³/mol. The van der Waals surface area contributed by atoms with Crippen molar-refractivity contribution in [2.75, 3.05) is 14.2 Å². The molecule has 0 heterocycles. The number of nitrogens with one attached hydrogen (secondary N) is 1. The average molecular weight is 918 g/mol. The molecule has 0 aromatic heterocycles. The molecule has 7 nitrogen and oxygen atoms in total. The van der Waals surface area contributed by atoms with E-state index in [0.29, 0.717) is 0 Å². The third-order valence-electron chi connectivity index (χ3n) is 12.8. The predicted octanol–water partition coefficient (Wildman–Crippen LogP) is 13.3. The normalized spacial score (nSPS) is 11.5. The van der Waals surface area contributed by atoms with Crippen LogP contribution in [-0.4, -0.2) is 37.3 Å². The Morgan fingerprint density at radius 2 is 0.735 bits per heavy atom. The van der Waals surface area contributed by atoms with Gasteiger partial charge in [-0.3, -0.25) is 19.6 Å². The van der Waals surface area contributed by atoms with E-state index in [0.717, 1.165) is 61.6 Å². The summed E-state index contributed by atoms with van der Waals surface area (Å²) in [7, 11) is 2.87. The van der Waals surface area contributed by atoms with E-state index in [-0.39, 0.29) is 17.9 Å². The standard InChI is InChI=1S/C21H26O2.C20H25NO2.C20H24O2/c1-21(2,20(22)23-3)19-15-13-18(14-16-19)12-8-7-11-17-9-5-4-6-10-17;1-20(2,19(22)21-23)18-14-12-17(13-15-18)11-7-6-10-16-8-4-3-5-9-16;1-16(20(21)22-2)19-14-12-18(13-15-19)11-7-6-10-17-8-4-3-5-9-17/h4-6,9-10,13-16H,7-8,11-12H2,1-3H3;3-5,8-9,12-15,23H,6-7,10-11H2,1-2H3,(H,21,22);3-5,8-9,12-16H,6-7,10-11H2,1-2H3. The lowest BCUT2D eigenvalue weighted by Crippen LogP contribution is -2.38. The van der Waals surface area contributed by atoms with Crippen molar-refractivity contribution in [3.8, 4) is 0 Å². The van der Waals surface area contributed by atoms with Crippen molar-refractivity contribution in [2.45, 2.75) is 128 Å². The number of carbonyl (C=O) groups excluding carboxylic acids is 3. The Bertz CT molecular complexity index is 2230. The molecule has 6 aromatic rings. The Balaban J connectivity index is 0.000000222. The lowest BCUT2D eigenvalue weighted by molar-refractivity contribution is -0.146. The van der Waals surface area contributed by atoms with Gasteiger partial charge >= 0.3 is 11.9 Å². The fraction of sp³-hybridized carbons (Fsp3) is 0.361. The molecule has 7 heteroatoms. The van der Waals surface area contributed by atoms with Crippen LogP contribution in [0.2, 0.25) is 0 Å². The van der Waals surface area contributed by atoms with Gasteiger partial charge in [-0.05, 0) is 162 Å². The Kier molecular flexibility index (Phi) is 23.0. The quantitative estimate of drug-likeness (QED) is 0.0323. The van der Waals surface area contributed by atoms with Crippen molar-refractivity contribution >= 4 is 17.8 Å². The highest BCUT2D eigenvalue weighted by Gasteiger charge is 2.31. The summed E-state index contributed by atoms with van der Waals surface area (Å²) in [5.41, 5.74) is 11.4. The first-order chi connectivity index (χ1) is 32.8. The Morgan fingerprint density at radius 3 is 1.03 bits per heavy atom. The molecule has 0 bridgehead atoms. The molecule has 0 spiro atoms. The molecule has 0 aliphatic heterocycles. The summed E-state index contributed by atoms with van der Waals surface area (Å²) in [6.07, 6.45) is 13.7. The number of aryl methyl sites for hydroxylation is 6. The summed E-state index contributed by atoms with van der Waals surface area (Å²) in [5.74, 6) is -0.978. The molecule has 1 unspecified atom stereocenters. The number of ether oxygens (including phenoxy) is 2. The molecule has 0 aliphatic carbocycles. The maximum absolute atomic E-state index is 11.8. The summed E-state index contributed by atoms with van der Waals surface area (Å²) in [4.78, 5) is 35.1. The highest BCUT2D eigenvalue weighted by Crippen LogP contribution is 2.26. The summed E-state index contributed by atoms with van der Waals surface area (Å²) in [6.45, 7) is 9.27. The van der Waals surface area contributed by atoms with Crippen LogP contribution in [0.15, 0.2) is 164 Å². The van der Waals surface area contributed by atoms with Crippen LogP contribution in [-0.2, 0) is 73.2 Å². The summed E-state index contributed by atoms with van der Waals surface area (Å²) in [6, 6.07) is 56.5. The van der Waals surface area contributed by atoms with E-state index in [1.54, 1.807) is 19.3 Å². The topological polar surface area (TPSA) is 102 Å². The molecule has 0 saturated heterocycles. The smallest absolute Gasteiger partial charge is 0.315 e. The number of esters is 2. The zero-order valence-electron chi connectivity index (χ0n) is 41.6. The number of amides is 1. The van der Waals surface area contributed by atoms with E-state index >= 15 is 0 Å². The number of methoxy groups -OCH3 is 2. The third kappa shape index (κ3) is 18.1. The van der Waals surface area contributed by atoms with Crippen LogP contribution in [0, 0.1) is 0 Å². The summed E-state index contributed by atoms with van der Waals surface area (Å²) < 4.78 is 9.66. The van der Waals surface area contributed by atoms with E-state index < -0.39 is 16.7 Å². The van der Waals surface area contributed by atoms with E-state index in [4.69, 9.17) is 14.7 Å². The van der Waals surface area contributed by atoms with Gasteiger partial charge in [-0.15, -0.1) is 0 Å². The van der Waals surface area contributed by atoms with Gasteiger partial charge in [0.2, 0.25) is 0 Å². The maximum atomic E-state index is 11.8. The van der Waals surface area contributed by atoms with Gasteiger partial charge in [-0.2, -0.15) is 0 Å². The zero-order chi connectivity index (χ0) is 49.2. The number of hydrogen-bond donors (Lipinski definition) is 2. The molecule has 0 fully saturated rings. The average Bonchev–Trinajstić information content (AvgIpc) is 3.38. The van der Waals surface area contributed by atoms with Gasteiger partial charge in [0.15, 0.2) is 0 Å². The van der Waals surface area contributed by atoms with Crippen LogP contribution in [0.25, 0.3) is 0 Å². The summed E-state index contributed by atoms with van der Waals surface area (Å²) >= 11 is 0. The number of rotatable bonds is 21. The number of unbranched alkanes of at least 4 members (excludes halogenated alkanes) is 3. The molecular weight excluding hydrogens is 843 g/mol. The molecule has 0 saturated carbocycles. The first kappa shape index (κ1) is 54.3. The molecule has 6 rings (SSSR count). The van der Waals surface area contributed by atoms with Crippen LogP contribution >= 0.6 is 0 Å². The van der Waals surface area contributed by atoms with Crippen LogP contribution < -0.4 is 5.48 Å². The van der Waals surface area contributed by atoms with Gasteiger partial charge in [0.05, 0.1) is 31.0 Å².